The van der Waals surface area contributed by atoms with E-state index in [1.807, 2.05) is 0 Å². The molecular formula is C17H19FN2O4S. The second-order valence-electron chi connectivity index (χ2n) is 5.33. The highest BCUT2D eigenvalue weighted by Crippen LogP contribution is 2.26. The summed E-state index contributed by atoms with van der Waals surface area (Å²) in [6.45, 7) is 1.45. The average Bonchev–Trinajstić information content (AvgIpc) is 2.60. The maximum absolute atomic E-state index is 13.8. The van der Waals surface area contributed by atoms with E-state index in [9.17, 15) is 17.6 Å². The zero-order chi connectivity index (χ0) is 18.6. The van der Waals surface area contributed by atoms with Crippen LogP contribution in [0.2, 0.25) is 0 Å². The van der Waals surface area contributed by atoms with Crippen molar-refractivity contribution in [2.24, 2.45) is 0 Å². The fraction of sp³-hybridized carbons (Fsp3) is 0.235. The van der Waals surface area contributed by atoms with Gasteiger partial charge in [-0.05, 0) is 42.3 Å². The Morgan fingerprint density at radius 2 is 1.72 bits per heavy atom. The molecule has 2 N–H and O–H groups in total. The summed E-state index contributed by atoms with van der Waals surface area (Å²) in [4.78, 5) is 11.5. The molecule has 0 spiro atoms. The Morgan fingerprint density at radius 1 is 1.12 bits per heavy atom. The van der Waals surface area contributed by atoms with Gasteiger partial charge < -0.3 is 10.1 Å². The van der Waals surface area contributed by atoms with Crippen LogP contribution in [0, 0.1) is 5.82 Å². The molecule has 0 unspecified atom stereocenters. The molecule has 25 heavy (non-hydrogen) atoms. The predicted octanol–water partition coefficient (Wildman–Crippen LogP) is 1.91. The van der Waals surface area contributed by atoms with Crippen LogP contribution in [0.15, 0.2) is 47.4 Å². The molecule has 0 heterocycles. The van der Waals surface area contributed by atoms with Gasteiger partial charge in [-0.2, -0.15) is 4.72 Å². The molecule has 2 aromatic rings. The van der Waals surface area contributed by atoms with Crippen molar-refractivity contribution in [3.63, 3.8) is 0 Å². The molecule has 0 saturated carbocycles. The van der Waals surface area contributed by atoms with E-state index in [2.05, 4.69) is 10.0 Å². The molecule has 0 aliphatic carbocycles. The number of methoxy groups -OCH3 is 1. The van der Waals surface area contributed by atoms with Crippen LogP contribution >= 0.6 is 0 Å². The lowest BCUT2D eigenvalue weighted by atomic mass is 10.1. The summed E-state index contributed by atoms with van der Waals surface area (Å²) in [6, 6.07) is 9.53. The van der Waals surface area contributed by atoms with E-state index in [0.29, 0.717) is 11.1 Å². The zero-order valence-corrected chi connectivity index (χ0v) is 14.9. The first-order chi connectivity index (χ1) is 11.8. The van der Waals surface area contributed by atoms with Crippen molar-refractivity contribution in [1.29, 1.82) is 0 Å². The smallest absolute Gasteiger partial charge is 0.241 e. The number of benzene rings is 2. The first-order valence-corrected chi connectivity index (χ1v) is 8.94. The summed E-state index contributed by atoms with van der Waals surface area (Å²) in [6.07, 6.45) is 0. The predicted molar refractivity (Wildman–Crippen MR) is 92.2 cm³/mol. The highest BCUT2D eigenvalue weighted by Gasteiger charge is 2.21. The molecule has 1 amide bonds. The van der Waals surface area contributed by atoms with Crippen LogP contribution < -0.4 is 14.8 Å². The van der Waals surface area contributed by atoms with Gasteiger partial charge in [0.1, 0.15) is 0 Å². The lowest BCUT2D eigenvalue weighted by Gasteiger charge is -2.13. The number of hydrogen-bond donors (Lipinski definition) is 2. The molecular weight excluding hydrogens is 347 g/mol. The molecule has 0 fully saturated rings. The minimum Gasteiger partial charge on any atom is -0.494 e. The lowest BCUT2D eigenvalue weighted by Crippen LogP contribution is -2.43. The number of carbonyl (C=O) groups is 1. The van der Waals surface area contributed by atoms with Crippen molar-refractivity contribution in [2.75, 3.05) is 14.2 Å². The fourth-order valence-electron chi connectivity index (χ4n) is 2.24. The molecule has 0 saturated heterocycles. The molecule has 0 aliphatic rings. The van der Waals surface area contributed by atoms with Crippen LogP contribution in [0.5, 0.6) is 5.75 Å². The summed E-state index contributed by atoms with van der Waals surface area (Å²) in [7, 11) is -1.03. The number of halogens is 1. The van der Waals surface area contributed by atoms with E-state index in [1.54, 1.807) is 18.2 Å². The molecule has 6 nitrogen and oxygen atoms in total. The molecule has 0 aliphatic heterocycles. The van der Waals surface area contributed by atoms with Gasteiger partial charge in [0, 0.05) is 7.05 Å². The summed E-state index contributed by atoms with van der Waals surface area (Å²) < 4.78 is 45.5. The van der Waals surface area contributed by atoms with Crippen molar-refractivity contribution in [1.82, 2.24) is 10.0 Å². The van der Waals surface area contributed by atoms with E-state index in [1.165, 1.54) is 45.3 Å². The maximum atomic E-state index is 13.8. The van der Waals surface area contributed by atoms with Crippen molar-refractivity contribution >= 4 is 15.9 Å². The third kappa shape index (κ3) is 4.34. The quantitative estimate of drug-likeness (QED) is 0.818. The van der Waals surface area contributed by atoms with E-state index in [4.69, 9.17) is 4.74 Å². The molecule has 1 atom stereocenters. The number of sulfonamides is 1. The molecule has 2 rings (SSSR count). The van der Waals surface area contributed by atoms with Gasteiger partial charge in [-0.15, -0.1) is 0 Å². The van der Waals surface area contributed by atoms with E-state index < -0.39 is 27.8 Å². The van der Waals surface area contributed by atoms with E-state index in [-0.39, 0.29) is 10.6 Å². The van der Waals surface area contributed by atoms with Gasteiger partial charge in [0.05, 0.1) is 18.0 Å². The monoisotopic (exact) mass is 366 g/mol. The summed E-state index contributed by atoms with van der Waals surface area (Å²) in [5.41, 5.74) is 1.24. The second kappa shape index (κ2) is 7.62. The van der Waals surface area contributed by atoms with Crippen molar-refractivity contribution in [3.05, 3.63) is 48.3 Å². The Hall–Kier alpha value is -2.45. The Labute approximate surface area is 146 Å². The summed E-state index contributed by atoms with van der Waals surface area (Å²) in [5.74, 6) is -0.804. The van der Waals surface area contributed by atoms with Crippen LogP contribution in [-0.4, -0.2) is 34.5 Å². The van der Waals surface area contributed by atoms with Crippen molar-refractivity contribution in [3.8, 4) is 16.9 Å². The van der Waals surface area contributed by atoms with E-state index >= 15 is 0 Å². The van der Waals surface area contributed by atoms with Gasteiger partial charge in [-0.1, -0.05) is 18.2 Å². The SMILES string of the molecule is CNC(=O)[C@H](C)NS(=O)(=O)c1ccc(-c2ccc(OC)c(F)c2)cc1. The molecule has 0 radical (unpaired) electrons. The molecule has 2 aromatic carbocycles. The van der Waals surface area contributed by atoms with Crippen molar-refractivity contribution in [2.45, 2.75) is 17.9 Å². The molecule has 0 bridgehead atoms. The Bertz CT molecular complexity index is 867. The molecule has 8 heteroatoms. The zero-order valence-electron chi connectivity index (χ0n) is 14.0. The first-order valence-electron chi connectivity index (χ1n) is 7.46. The lowest BCUT2D eigenvalue weighted by molar-refractivity contribution is -0.121. The topological polar surface area (TPSA) is 84.5 Å². The van der Waals surface area contributed by atoms with Gasteiger partial charge in [0.15, 0.2) is 11.6 Å². The number of amides is 1. The number of carbonyl (C=O) groups excluding carboxylic acids is 1. The van der Waals surface area contributed by atoms with Crippen LogP contribution in [0.4, 0.5) is 4.39 Å². The van der Waals surface area contributed by atoms with Crippen LogP contribution in [0.25, 0.3) is 11.1 Å². The standard InChI is InChI=1S/C17H19FN2O4S/c1-11(17(21)19-2)20-25(22,23)14-7-4-12(5-8-14)13-6-9-16(24-3)15(18)10-13/h4-11,20H,1-3H3,(H,19,21)/t11-/m0/s1. The van der Waals surface area contributed by atoms with Gasteiger partial charge in [0.2, 0.25) is 15.9 Å². The minimum atomic E-state index is -3.84. The first kappa shape index (κ1) is 18.9. The fourth-order valence-corrected chi connectivity index (χ4v) is 3.45. The van der Waals surface area contributed by atoms with Gasteiger partial charge >= 0.3 is 0 Å². The third-order valence-corrected chi connectivity index (χ3v) is 5.18. The number of rotatable bonds is 6. The number of likely N-dealkylation sites (N-methyl/N-ethyl adjacent to an activating group) is 1. The number of nitrogens with one attached hydrogen (secondary N) is 2. The third-order valence-electron chi connectivity index (χ3n) is 3.62. The van der Waals surface area contributed by atoms with Crippen LogP contribution in [0.3, 0.4) is 0 Å². The molecule has 134 valence electrons. The second-order valence-corrected chi connectivity index (χ2v) is 7.04. The largest absolute Gasteiger partial charge is 0.494 e. The Balaban J connectivity index is 2.24. The van der Waals surface area contributed by atoms with Gasteiger partial charge in [0.25, 0.3) is 0 Å². The minimum absolute atomic E-state index is 0.0148. The Kier molecular flexibility index (Phi) is 5.76. The van der Waals surface area contributed by atoms with Gasteiger partial charge in [-0.25, -0.2) is 12.8 Å². The Morgan fingerprint density at radius 3 is 2.24 bits per heavy atom. The van der Waals surface area contributed by atoms with E-state index in [0.717, 1.165) is 0 Å². The number of hydrogen-bond acceptors (Lipinski definition) is 4. The van der Waals surface area contributed by atoms with Crippen LogP contribution in [-0.2, 0) is 14.8 Å². The van der Waals surface area contributed by atoms with Crippen LogP contribution in [0.1, 0.15) is 6.92 Å². The summed E-state index contributed by atoms with van der Waals surface area (Å²) >= 11 is 0. The molecule has 0 aromatic heterocycles. The average molecular weight is 366 g/mol. The highest BCUT2D eigenvalue weighted by atomic mass is 32.2. The highest BCUT2D eigenvalue weighted by molar-refractivity contribution is 7.89. The van der Waals surface area contributed by atoms with Crippen molar-refractivity contribution < 1.29 is 22.3 Å². The summed E-state index contributed by atoms with van der Waals surface area (Å²) in [5, 5.41) is 2.37. The number of ether oxygens (including phenoxy) is 1. The van der Waals surface area contributed by atoms with Gasteiger partial charge in [-0.3, -0.25) is 4.79 Å². The maximum Gasteiger partial charge on any atom is 0.241 e. The normalized spacial score (nSPS) is 12.5.